The van der Waals surface area contributed by atoms with Crippen molar-refractivity contribution in [2.75, 3.05) is 0 Å². The Morgan fingerprint density at radius 1 is 1.12 bits per heavy atom. The quantitative estimate of drug-likeness (QED) is 0.635. The lowest BCUT2D eigenvalue weighted by molar-refractivity contribution is -0.0471. The molecular weight excluding hydrogens is 206 g/mol. The molecule has 0 nitrogen and oxygen atoms in total. The van der Waals surface area contributed by atoms with E-state index in [9.17, 15) is 8.78 Å². The van der Waals surface area contributed by atoms with Gasteiger partial charge in [-0.2, -0.15) is 0 Å². The molecule has 2 aliphatic carbocycles. The molecule has 2 fully saturated rings. The number of hydrogen-bond donors (Lipinski definition) is 0. The van der Waals surface area contributed by atoms with E-state index in [4.69, 9.17) is 0 Å². The SMILES string of the molecule is CC(CCC1CCC(F)(F)CC1)C1(C)CC1. The third-order valence-electron chi connectivity index (χ3n) is 5.07. The van der Waals surface area contributed by atoms with Gasteiger partial charge in [0.2, 0.25) is 5.92 Å². The topological polar surface area (TPSA) is 0 Å². The van der Waals surface area contributed by atoms with Crippen molar-refractivity contribution in [1.82, 2.24) is 0 Å². The van der Waals surface area contributed by atoms with Crippen molar-refractivity contribution in [3.8, 4) is 0 Å². The lowest BCUT2D eigenvalue weighted by atomic mass is 9.80. The molecule has 2 rings (SSSR count). The zero-order chi connectivity index (χ0) is 11.8. The molecule has 1 unspecified atom stereocenters. The zero-order valence-electron chi connectivity index (χ0n) is 10.6. The minimum Gasteiger partial charge on any atom is -0.207 e. The molecule has 0 spiro atoms. The predicted octanol–water partition coefficient (Wildman–Crippen LogP) is 5.03. The molecular formula is C14H24F2. The minimum absolute atomic E-state index is 0.128. The molecule has 0 aromatic heterocycles. The summed E-state index contributed by atoms with van der Waals surface area (Å²) in [5, 5.41) is 0. The highest BCUT2D eigenvalue weighted by molar-refractivity contribution is 4.93. The third kappa shape index (κ3) is 2.95. The highest BCUT2D eigenvalue weighted by Crippen LogP contribution is 2.53. The van der Waals surface area contributed by atoms with Crippen molar-refractivity contribution >= 4 is 0 Å². The Hall–Kier alpha value is -0.140. The first-order valence-corrected chi connectivity index (χ1v) is 6.79. The van der Waals surface area contributed by atoms with Gasteiger partial charge < -0.3 is 0 Å². The maximum Gasteiger partial charge on any atom is 0.248 e. The summed E-state index contributed by atoms with van der Waals surface area (Å²) in [7, 11) is 0. The number of rotatable bonds is 4. The van der Waals surface area contributed by atoms with Gasteiger partial charge in [0.25, 0.3) is 0 Å². The van der Waals surface area contributed by atoms with Gasteiger partial charge in [0.15, 0.2) is 0 Å². The molecule has 2 aliphatic rings. The van der Waals surface area contributed by atoms with Crippen LogP contribution in [-0.4, -0.2) is 5.92 Å². The average Bonchev–Trinajstić information content (AvgIpc) is 2.96. The van der Waals surface area contributed by atoms with E-state index in [1.54, 1.807) is 0 Å². The van der Waals surface area contributed by atoms with Crippen molar-refractivity contribution in [2.24, 2.45) is 17.3 Å². The van der Waals surface area contributed by atoms with Crippen molar-refractivity contribution in [2.45, 2.75) is 71.1 Å². The van der Waals surface area contributed by atoms with Gasteiger partial charge in [-0.3, -0.25) is 0 Å². The summed E-state index contributed by atoms with van der Waals surface area (Å²) >= 11 is 0. The van der Waals surface area contributed by atoms with Gasteiger partial charge in [-0.05, 0) is 49.4 Å². The largest absolute Gasteiger partial charge is 0.248 e. The van der Waals surface area contributed by atoms with Crippen LogP contribution in [-0.2, 0) is 0 Å². The van der Waals surface area contributed by atoms with Gasteiger partial charge in [0.05, 0.1) is 0 Å². The van der Waals surface area contributed by atoms with E-state index in [-0.39, 0.29) is 12.8 Å². The van der Waals surface area contributed by atoms with E-state index < -0.39 is 5.92 Å². The molecule has 0 aromatic rings. The maximum atomic E-state index is 13.0. The Morgan fingerprint density at radius 3 is 2.19 bits per heavy atom. The number of hydrogen-bond acceptors (Lipinski definition) is 0. The van der Waals surface area contributed by atoms with E-state index in [0.29, 0.717) is 11.3 Å². The second-order valence-electron chi connectivity index (χ2n) is 6.43. The van der Waals surface area contributed by atoms with E-state index >= 15 is 0 Å². The van der Waals surface area contributed by atoms with Crippen LogP contribution in [0.3, 0.4) is 0 Å². The van der Waals surface area contributed by atoms with E-state index in [2.05, 4.69) is 13.8 Å². The molecule has 0 radical (unpaired) electrons. The van der Waals surface area contributed by atoms with Crippen molar-refractivity contribution < 1.29 is 8.78 Å². The standard InChI is InChI=1S/C14H24F2/c1-11(13(2)9-10-13)3-4-12-5-7-14(15,16)8-6-12/h11-12H,3-10H2,1-2H3. The monoisotopic (exact) mass is 230 g/mol. The molecule has 0 bridgehead atoms. The second-order valence-corrected chi connectivity index (χ2v) is 6.43. The van der Waals surface area contributed by atoms with E-state index in [0.717, 1.165) is 18.8 Å². The molecule has 0 aromatic carbocycles. The number of alkyl halides is 2. The fraction of sp³-hybridized carbons (Fsp3) is 1.00. The second kappa shape index (κ2) is 4.27. The molecule has 94 valence electrons. The first-order valence-electron chi connectivity index (χ1n) is 6.79. The van der Waals surface area contributed by atoms with Crippen LogP contribution in [0.1, 0.15) is 65.2 Å². The minimum atomic E-state index is -2.36. The highest BCUT2D eigenvalue weighted by Gasteiger charge is 2.42. The lowest BCUT2D eigenvalue weighted by Crippen LogP contribution is -2.25. The predicted molar refractivity (Wildman–Crippen MR) is 62.6 cm³/mol. The van der Waals surface area contributed by atoms with Crippen LogP contribution in [0.4, 0.5) is 8.78 Å². The Kier molecular flexibility index (Phi) is 3.29. The van der Waals surface area contributed by atoms with Gasteiger partial charge >= 0.3 is 0 Å². The first kappa shape index (κ1) is 12.3. The average molecular weight is 230 g/mol. The van der Waals surface area contributed by atoms with Crippen molar-refractivity contribution in [1.29, 1.82) is 0 Å². The van der Waals surface area contributed by atoms with Crippen molar-refractivity contribution in [3.05, 3.63) is 0 Å². The van der Waals surface area contributed by atoms with Crippen LogP contribution >= 0.6 is 0 Å². The molecule has 0 N–H and O–H groups in total. The zero-order valence-corrected chi connectivity index (χ0v) is 10.6. The number of halogens is 2. The molecule has 0 aliphatic heterocycles. The highest BCUT2D eigenvalue weighted by atomic mass is 19.3. The first-order chi connectivity index (χ1) is 7.41. The van der Waals surface area contributed by atoms with Gasteiger partial charge in [0.1, 0.15) is 0 Å². The molecule has 2 saturated carbocycles. The van der Waals surface area contributed by atoms with Crippen LogP contribution in [0.15, 0.2) is 0 Å². The van der Waals surface area contributed by atoms with Crippen LogP contribution < -0.4 is 0 Å². The smallest absolute Gasteiger partial charge is 0.207 e. The van der Waals surface area contributed by atoms with Crippen molar-refractivity contribution in [3.63, 3.8) is 0 Å². The molecule has 2 heteroatoms. The third-order valence-corrected chi connectivity index (χ3v) is 5.07. The molecule has 1 atom stereocenters. The Morgan fingerprint density at radius 2 is 1.69 bits per heavy atom. The van der Waals surface area contributed by atoms with Gasteiger partial charge in [-0.25, -0.2) is 8.78 Å². The fourth-order valence-corrected chi connectivity index (χ4v) is 2.91. The van der Waals surface area contributed by atoms with E-state index in [1.165, 1.54) is 25.7 Å². The van der Waals surface area contributed by atoms with Crippen LogP contribution in [0, 0.1) is 17.3 Å². The summed E-state index contributed by atoms with van der Waals surface area (Å²) in [6, 6.07) is 0. The molecule has 0 heterocycles. The van der Waals surface area contributed by atoms with Gasteiger partial charge in [-0.1, -0.05) is 20.3 Å². The Bertz CT molecular complexity index is 233. The lowest BCUT2D eigenvalue weighted by Gasteiger charge is -2.29. The van der Waals surface area contributed by atoms with Gasteiger partial charge in [-0.15, -0.1) is 0 Å². The molecule has 0 saturated heterocycles. The normalized spacial score (nSPS) is 30.0. The van der Waals surface area contributed by atoms with Gasteiger partial charge in [0, 0.05) is 12.8 Å². The molecule has 0 amide bonds. The molecule has 16 heavy (non-hydrogen) atoms. The van der Waals surface area contributed by atoms with Crippen LogP contribution in [0.25, 0.3) is 0 Å². The van der Waals surface area contributed by atoms with E-state index in [1.807, 2.05) is 0 Å². The summed E-state index contributed by atoms with van der Waals surface area (Å²) in [5.41, 5.74) is 0.596. The Balaban J connectivity index is 1.67. The Labute approximate surface area is 97.8 Å². The fourth-order valence-electron chi connectivity index (χ4n) is 2.91. The van der Waals surface area contributed by atoms with Crippen LogP contribution in [0.2, 0.25) is 0 Å². The summed E-state index contributed by atoms with van der Waals surface area (Å²) < 4.78 is 26.0. The van der Waals surface area contributed by atoms with Crippen LogP contribution in [0.5, 0.6) is 0 Å². The summed E-state index contributed by atoms with van der Waals surface area (Å²) in [6.45, 7) is 4.71. The summed E-state index contributed by atoms with van der Waals surface area (Å²) in [4.78, 5) is 0. The summed E-state index contributed by atoms with van der Waals surface area (Å²) in [5.74, 6) is -0.996. The summed E-state index contributed by atoms with van der Waals surface area (Å²) in [6.07, 6.45) is 6.91. The maximum absolute atomic E-state index is 13.0.